The van der Waals surface area contributed by atoms with E-state index in [0.29, 0.717) is 40.4 Å². The number of benzene rings is 3. The van der Waals surface area contributed by atoms with Crippen molar-refractivity contribution in [2.24, 2.45) is 5.10 Å². The molecule has 0 aliphatic heterocycles. The van der Waals surface area contributed by atoms with Gasteiger partial charge >= 0.3 is 0 Å². The molecule has 0 spiro atoms. The molecule has 6 nitrogen and oxygen atoms in total. The highest BCUT2D eigenvalue weighted by Gasteiger charge is 2.22. The first-order valence-electron chi connectivity index (χ1n) is 12.9. The summed E-state index contributed by atoms with van der Waals surface area (Å²) >= 11 is 3.46. The number of rotatable bonds is 8. The average Bonchev–Trinajstić information content (AvgIpc) is 2.93. The molecule has 1 aliphatic carbocycles. The molecule has 1 fully saturated rings. The molecule has 1 aromatic heterocycles. The van der Waals surface area contributed by atoms with E-state index in [1.807, 2.05) is 25.1 Å². The van der Waals surface area contributed by atoms with Gasteiger partial charge in [0.1, 0.15) is 18.2 Å². The normalized spacial score (nSPS) is 14.3. The molecule has 1 aliphatic rings. The number of hydrogen-bond acceptors (Lipinski definition) is 5. The van der Waals surface area contributed by atoms with Gasteiger partial charge in [-0.3, -0.25) is 4.79 Å². The molecule has 0 radical (unpaired) electrons. The van der Waals surface area contributed by atoms with Crippen molar-refractivity contribution in [3.63, 3.8) is 0 Å². The first-order valence-corrected chi connectivity index (χ1v) is 13.7. The van der Waals surface area contributed by atoms with Crippen molar-refractivity contribution in [2.75, 3.05) is 6.61 Å². The van der Waals surface area contributed by atoms with Gasteiger partial charge < -0.3 is 9.47 Å². The van der Waals surface area contributed by atoms with Gasteiger partial charge in [0.15, 0.2) is 11.5 Å². The second-order valence-corrected chi connectivity index (χ2v) is 10.3. The second kappa shape index (κ2) is 11.9. The van der Waals surface area contributed by atoms with Crippen LogP contribution in [-0.4, -0.2) is 22.5 Å². The Bertz CT molecular complexity index is 1530. The van der Waals surface area contributed by atoms with Crippen LogP contribution in [0.15, 0.2) is 75.0 Å². The van der Waals surface area contributed by atoms with Crippen LogP contribution in [0.25, 0.3) is 10.9 Å². The number of fused-ring (bicyclic) bond motifs is 1. The van der Waals surface area contributed by atoms with E-state index >= 15 is 0 Å². The second-order valence-electron chi connectivity index (χ2n) is 9.35. The molecule has 1 heterocycles. The first-order chi connectivity index (χ1) is 18.5. The maximum Gasteiger partial charge on any atom is 0.282 e. The zero-order valence-electron chi connectivity index (χ0n) is 21.2. The Hall–Kier alpha value is -3.52. The van der Waals surface area contributed by atoms with Gasteiger partial charge in [-0.15, -0.1) is 0 Å². The predicted octanol–water partition coefficient (Wildman–Crippen LogP) is 7.21. The molecular formula is C30H29BrFN3O3. The Morgan fingerprint density at radius 2 is 1.87 bits per heavy atom. The Morgan fingerprint density at radius 3 is 2.66 bits per heavy atom. The summed E-state index contributed by atoms with van der Waals surface area (Å²) in [5, 5.41) is 5.14. The predicted molar refractivity (Wildman–Crippen MR) is 151 cm³/mol. The molecule has 5 rings (SSSR count). The molecule has 196 valence electrons. The van der Waals surface area contributed by atoms with Gasteiger partial charge in [-0.2, -0.15) is 9.78 Å². The highest BCUT2D eigenvalue weighted by Crippen LogP contribution is 2.32. The van der Waals surface area contributed by atoms with E-state index in [1.165, 1.54) is 17.2 Å². The Kier molecular flexibility index (Phi) is 8.17. The summed E-state index contributed by atoms with van der Waals surface area (Å²) in [6, 6.07) is 17.5. The maximum atomic E-state index is 14.0. The van der Waals surface area contributed by atoms with Crippen LogP contribution in [-0.2, 0) is 6.61 Å². The number of ether oxygens (including phenoxy) is 2. The third-order valence-electron chi connectivity index (χ3n) is 6.73. The summed E-state index contributed by atoms with van der Waals surface area (Å²) in [6.07, 6.45) is 7.07. The van der Waals surface area contributed by atoms with Gasteiger partial charge in [0, 0.05) is 16.0 Å². The van der Waals surface area contributed by atoms with Crippen LogP contribution < -0.4 is 15.0 Å². The molecular weight excluding hydrogens is 549 g/mol. The number of nitrogens with zero attached hydrogens (tertiary/aromatic N) is 3. The first kappa shape index (κ1) is 26.1. The largest absolute Gasteiger partial charge is 0.490 e. The lowest BCUT2D eigenvalue weighted by Gasteiger charge is -2.22. The highest BCUT2D eigenvalue weighted by atomic mass is 79.9. The third-order valence-corrected chi connectivity index (χ3v) is 7.23. The Labute approximate surface area is 229 Å². The van der Waals surface area contributed by atoms with Crippen molar-refractivity contribution >= 4 is 33.0 Å². The van der Waals surface area contributed by atoms with Crippen LogP contribution in [0, 0.1) is 5.82 Å². The van der Waals surface area contributed by atoms with Gasteiger partial charge in [0.25, 0.3) is 5.56 Å². The van der Waals surface area contributed by atoms with Crippen molar-refractivity contribution in [1.82, 2.24) is 9.66 Å². The molecule has 0 bridgehead atoms. The van der Waals surface area contributed by atoms with E-state index in [-0.39, 0.29) is 23.9 Å². The molecule has 1 saturated carbocycles. The summed E-state index contributed by atoms with van der Waals surface area (Å²) in [6.45, 7) is 2.40. The maximum absolute atomic E-state index is 14.0. The van der Waals surface area contributed by atoms with E-state index in [9.17, 15) is 9.18 Å². The van der Waals surface area contributed by atoms with Gasteiger partial charge in [0.05, 0.1) is 23.7 Å². The highest BCUT2D eigenvalue weighted by molar-refractivity contribution is 9.10. The van der Waals surface area contributed by atoms with Gasteiger partial charge in [-0.25, -0.2) is 9.37 Å². The fraction of sp³-hybridized carbons (Fsp3) is 0.300. The van der Waals surface area contributed by atoms with Crippen LogP contribution in [0.1, 0.15) is 61.9 Å². The molecule has 8 heteroatoms. The lowest BCUT2D eigenvalue weighted by molar-refractivity contribution is 0.266. The quantitative estimate of drug-likeness (QED) is 0.207. The molecule has 4 aromatic rings. The standard InChI is InChI=1S/C30H29BrFN3O3/c1-2-37-28-16-20(12-15-27(28)38-19-22-10-6-7-11-25(22)32)18-33-35-29(21-8-4-3-5-9-21)34-26-14-13-23(31)17-24(26)30(35)36/h6-7,10-18,21H,2-5,8-9,19H2,1H3. The van der Waals surface area contributed by atoms with Crippen LogP contribution >= 0.6 is 15.9 Å². The van der Waals surface area contributed by atoms with Gasteiger partial charge in [0.2, 0.25) is 0 Å². The molecule has 0 saturated heterocycles. The third kappa shape index (κ3) is 5.80. The zero-order chi connectivity index (χ0) is 26.5. The lowest BCUT2D eigenvalue weighted by atomic mass is 9.88. The van der Waals surface area contributed by atoms with E-state index < -0.39 is 0 Å². The van der Waals surface area contributed by atoms with E-state index in [2.05, 4.69) is 21.0 Å². The molecule has 0 unspecified atom stereocenters. The summed E-state index contributed by atoms with van der Waals surface area (Å²) in [7, 11) is 0. The average molecular weight is 578 g/mol. The van der Waals surface area contributed by atoms with E-state index in [1.54, 1.807) is 42.6 Å². The number of halogens is 2. The Balaban J connectivity index is 1.48. The van der Waals surface area contributed by atoms with E-state index in [4.69, 9.17) is 14.5 Å². The smallest absolute Gasteiger partial charge is 0.282 e. The summed E-state index contributed by atoms with van der Waals surface area (Å²) in [5.41, 5.74) is 1.69. The zero-order valence-corrected chi connectivity index (χ0v) is 22.8. The SMILES string of the molecule is CCOc1cc(C=Nn2c(C3CCCCC3)nc3ccc(Br)cc3c2=O)ccc1OCc1ccccc1F. The minimum absolute atomic E-state index is 0.0820. The van der Waals surface area contributed by atoms with Crippen molar-refractivity contribution in [2.45, 2.75) is 51.6 Å². The monoisotopic (exact) mass is 577 g/mol. The van der Waals surface area contributed by atoms with Crippen LogP contribution in [0.3, 0.4) is 0 Å². The van der Waals surface area contributed by atoms with Gasteiger partial charge in [-0.1, -0.05) is 53.4 Å². The van der Waals surface area contributed by atoms with Crippen LogP contribution in [0.2, 0.25) is 0 Å². The molecule has 38 heavy (non-hydrogen) atoms. The van der Waals surface area contributed by atoms with Crippen molar-refractivity contribution in [3.05, 3.63) is 98.3 Å². The fourth-order valence-corrected chi connectivity index (χ4v) is 5.15. The summed E-state index contributed by atoms with van der Waals surface area (Å²) < 4.78 is 28.0. The molecule has 0 atom stereocenters. The lowest BCUT2D eigenvalue weighted by Crippen LogP contribution is -2.25. The molecule has 0 N–H and O–H groups in total. The topological polar surface area (TPSA) is 65.7 Å². The molecule has 3 aromatic carbocycles. The summed E-state index contributed by atoms with van der Waals surface area (Å²) in [4.78, 5) is 18.4. The van der Waals surface area contributed by atoms with Crippen LogP contribution in [0.5, 0.6) is 11.5 Å². The minimum Gasteiger partial charge on any atom is -0.490 e. The number of hydrogen-bond donors (Lipinski definition) is 0. The number of aromatic nitrogens is 2. The Morgan fingerprint density at radius 1 is 1.05 bits per heavy atom. The van der Waals surface area contributed by atoms with E-state index in [0.717, 1.165) is 35.7 Å². The fourth-order valence-electron chi connectivity index (χ4n) is 4.79. The van der Waals surface area contributed by atoms with Gasteiger partial charge in [-0.05, 0) is 67.8 Å². The van der Waals surface area contributed by atoms with Crippen LogP contribution in [0.4, 0.5) is 4.39 Å². The van der Waals surface area contributed by atoms with Crippen molar-refractivity contribution < 1.29 is 13.9 Å². The van der Waals surface area contributed by atoms with Crippen molar-refractivity contribution in [1.29, 1.82) is 0 Å². The van der Waals surface area contributed by atoms with Crippen molar-refractivity contribution in [3.8, 4) is 11.5 Å². The summed E-state index contributed by atoms with van der Waals surface area (Å²) in [5.74, 6) is 1.60. The minimum atomic E-state index is -0.315. The molecule has 0 amide bonds.